The molecule has 1 saturated heterocycles. The van der Waals surface area contributed by atoms with Crippen LogP contribution in [0.1, 0.15) is 12.8 Å². The Morgan fingerprint density at radius 2 is 2.00 bits per heavy atom. The van der Waals surface area contributed by atoms with Crippen molar-refractivity contribution in [2.24, 2.45) is 5.92 Å². The molecule has 10 nitrogen and oxygen atoms in total. The molecule has 3 rings (SSSR count). The number of aromatic nitrogens is 2. The lowest BCUT2D eigenvalue weighted by molar-refractivity contribution is -0.387. The standard InChI is InChI=1S/C18H19FN6O4/c19-14-2-1-13(9-15(14)25(28)29)23-18(27)17(26)22-10-12-3-7-24(8-4-12)16-11-20-5-6-21-16/h1-2,5-6,9,11-12H,3-4,7-8,10H2,(H,22,26)(H,23,27). The van der Waals surface area contributed by atoms with E-state index in [0.717, 1.165) is 49.9 Å². The molecule has 2 amide bonds. The van der Waals surface area contributed by atoms with E-state index >= 15 is 0 Å². The fourth-order valence-electron chi connectivity index (χ4n) is 3.06. The molecule has 1 aromatic heterocycles. The quantitative estimate of drug-likeness (QED) is 0.440. The van der Waals surface area contributed by atoms with E-state index in [1.807, 2.05) is 0 Å². The lowest BCUT2D eigenvalue weighted by Crippen LogP contribution is -2.42. The van der Waals surface area contributed by atoms with Gasteiger partial charge in [0.25, 0.3) is 0 Å². The maximum Gasteiger partial charge on any atom is 0.313 e. The molecule has 1 aliphatic rings. The highest BCUT2D eigenvalue weighted by molar-refractivity contribution is 6.39. The molecule has 0 aliphatic carbocycles. The number of hydrogen-bond donors (Lipinski definition) is 2. The third-order valence-corrected chi connectivity index (χ3v) is 4.65. The van der Waals surface area contributed by atoms with E-state index in [1.54, 1.807) is 18.6 Å². The van der Waals surface area contributed by atoms with Crippen molar-refractivity contribution >= 4 is 29.0 Å². The number of benzene rings is 1. The number of piperidine rings is 1. The summed E-state index contributed by atoms with van der Waals surface area (Å²) in [5.74, 6) is -1.82. The van der Waals surface area contributed by atoms with Gasteiger partial charge in [-0.2, -0.15) is 4.39 Å². The number of nitro benzene ring substituents is 1. The van der Waals surface area contributed by atoms with Gasteiger partial charge in [-0.15, -0.1) is 0 Å². The fraction of sp³-hybridized carbons (Fsp3) is 0.333. The lowest BCUT2D eigenvalue weighted by atomic mass is 9.97. The number of carbonyl (C=O) groups excluding carboxylic acids is 2. The summed E-state index contributed by atoms with van der Waals surface area (Å²) >= 11 is 0. The van der Waals surface area contributed by atoms with Gasteiger partial charge in [0.05, 0.1) is 11.1 Å². The summed E-state index contributed by atoms with van der Waals surface area (Å²) in [5.41, 5.74) is -0.811. The maximum atomic E-state index is 13.3. The van der Waals surface area contributed by atoms with Gasteiger partial charge in [0.2, 0.25) is 5.82 Å². The van der Waals surface area contributed by atoms with Crippen molar-refractivity contribution in [2.75, 3.05) is 29.9 Å². The van der Waals surface area contributed by atoms with Gasteiger partial charge in [-0.05, 0) is 30.9 Å². The second kappa shape index (κ2) is 9.04. The van der Waals surface area contributed by atoms with Crippen LogP contribution in [0.15, 0.2) is 36.8 Å². The van der Waals surface area contributed by atoms with E-state index in [4.69, 9.17) is 0 Å². The van der Waals surface area contributed by atoms with Gasteiger partial charge in [0, 0.05) is 43.8 Å². The summed E-state index contributed by atoms with van der Waals surface area (Å²) < 4.78 is 13.3. The Hall–Kier alpha value is -3.63. The predicted octanol–water partition coefficient (Wildman–Crippen LogP) is 1.50. The molecule has 2 heterocycles. The van der Waals surface area contributed by atoms with Crippen LogP contribution in [0.2, 0.25) is 0 Å². The smallest absolute Gasteiger partial charge is 0.313 e. The number of hydrogen-bond acceptors (Lipinski definition) is 7. The van der Waals surface area contributed by atoms with Crippen LogP contribution in [0.3, 0.4) is 0 Å². The highest BCUT2D eigenvalue weighted by Gasteiger charge is 2.23. The van der Waals surface area contributed by atoms with Gasteiger partial charge < -0.3 is 15.5 Å². The molecule has 1 fully saturated rings. The van der Waals surface area contributed by atoms with E-state index in [2.05, 4.69) is 25.5 Å². The molecule has 2 N–H and O–H groups in total. The van der Waals surface area contributed by atoms with E-state index in [9.17, 15) is 24.1 Å². The zero-order valence-electron chi connectivity index (χ0n) is 15.4. The first-order valence-corrected chi connectivity index (χ1v) is 8.98. The summed E-state index contributed by atoms with van der Waals surface area (Å²) in [6.45, 7) is 1.87. The first-order chi connectivity index (χ1) is 13.9. The van der Waals surface area contributed by atoms with Gasteiger partial charge in [0.15, 0.2) is 0 Å². The molecule has 1 aliphatic heterocycles. The van der Waals surface area contributed by atoms with E-state index in [1.165, 1.54) is 0 Å². The van der Waals surface area contributed by atoms with Crippen LogP contribution >= 0.6 is 0 Å². The minimum Gasteiger partial charge on any atom is -0.355 e. The number of carbonyl (C=O) groups is 2. The van der Waals surface area contributed by atoms with Crippen LogP contribution < -0.4 is 15.5 Å². The molecule has 0 spiro atoms. The van der Waals surface area contributed by atoms with Crippen LogP contribution in [-0.4, -0.2) is 46.3 Å². The maximum absolute atomic E-state index is 13.3. The minimum absolute atomic E-state index is 0.0319. The zero-order chi connectivity index (χ0) is 20.8. The normalized spacial score (nSPS) is 14.3. The van der Waals surface area contributed by atoms with E-state index in [-0.39, 0.29) is 11.6 Å². The van der Waals surface area contributed by atoms with Crippen LogP contribution in [0, 0.1) is 21.8 Å². The number of rotatable bonds is 5. The Morgan fingerprint density at radius 1 is 1.24 bits per heavy atom. The molecule has 2 aromatic rings. The van der Waals surface area contributed by atoms with Gasteiger partial charge in [-0.1, -0.05) is 0 Å². The number of nitrogens with zero attached hydrogens (tertiary/aromatic N) is 4. The molecule has 0 unspecified atom stereocenters. The number of nitro groups is 1. The van der Waals surface area contributed by atoms with E-state index < -0.39 is 28.2 Å². The van der Waals surface area contributed by atoms with Gasteiger partial charge in [-0.25, -0.2) is 4.98 Å². The van der Waals surface area contributed by atoms with Crippen LogP contribution in [0.4, 0.5) is 21.6 Å². The van der Waals surface area contributed by atoms with Crippen molar-refractivity contribution in [3.05, 3.63) is 52.7 Å². The molecular weight excluding hydrogens is 383 g/mol. The first-order valence-electron chi connectivity index (χ1n) is 8.98. The number of halogens is 1. The van der Waals surface area contributed by atoms with Gasteiger partial charge >= 0.3 is 17.5 Å². The Balaban J connectivity index is 1.46. The number of nitrogens with one attached hydrogen (secondary N) is 2. The van der Waals surface area contributed by atoms with Crippen molar-refractivity contribution in [1.82, 2.24) is 15.3 Å². The molecular formula is C18H19FN6O4. The summed E-state index contributed by atoms with van der Waals surface area (Å²) in [5, 5.41) is 15.6. The molecule has 29 heavy (non-hydrogen) atoms. The number of amides is 2. The topological polar surface area (TPSA) is 130 Å². The largest absolute Gasteiger partial charge is 0.355 e. The van der Waals surface area contributed by atoms with Crippen LogP contribution in [0.25, 0.3) is 0 Å². The minimum atomic E-state index is -1.02. The summed E-state index contributed by atoms with van der Waals surface area (Å²) in [7, 11) is 0. The van der Waals surface area contributed by atoms with Crippen LogP contribution in [-0.2, 0) is 9.59 Å². The van der Waals surface area contributed by atoms with Crippen molar-refractivity contribution in [3.8, 4) is 0 Å². The van der Waals surface area contributed by atoms with E-state index in [0.29, 0.717) is 6.54 Å². The van der Waals surface area contributed by atoms with Crippen molar-refractivity contribution in [2.45, 2.75) is 12.8 Å². The first kappa shape index (κ1) is 20.1. The fourth-order valence-corrected chi connectivity index (χ4v) is 3.06. The third kappa shape index (κ3) is 5.21. The Morgan fingerprint density at radius 3 is 2.66 bits per heavy atom. The molecule has 0 saturated carbocycles. The van der Waals surface area contributed by atoms with Gasteiger partial charge in [0.1, 0.15) is 5.82 Å². The summed E-state index contributed by atoms with van der Waals surface area (Å²) in [6, 6.07) is 2.87. The molecule has 152 valence electrons. The predicted molar refractivity (Wildman–Crippen MR) is 102 cm³/mol. The molecule has 0 bridgehead atoms. The van der Waals surface area contributed by atoms with Crippen molar-refractivity contribution in [1.29, 1.82) is 0 Å². The van der Waals surface area contributed by atoms with Crippen molar-refractivity contribution in [3.63, 3.8) is 0 Å². The summed E-state index contributed by atoms with van der Waals surface area (Å²) in [6.07, 6.45) is 6.59. The second-order valence-corrected chi connectivity index (χ2v) is 6.58. The SMILES string of the molecule is O=C(NCC1CCN(c2cnccn2)CC1)C(=O)Nc1ccc(F)c([N+](=O)[O-])c1. The Kier molecular flexibility index (Phi) is 6.27. The molecule has 0 atom stereocenters. The highest BCUT2D eigenvalue weighted by atomic mass is 19.1. The monoisotopic (exact) mass is 402 g/mol. The molecule has 11 heteroatoms. The average Bonchev–Trinajstić information content (AvgIpc) is 2.74. The van der Waals surface area contributed by atoms with Crippen molar-refractivity contribution < 1.29 is 18.9 Å². The molecule has 1 aromatic carbocycles. The summed E-state index contributed by atoms with van der Waals surface area (Å²) in [4.78, 5) is 44.2. The highest BCUT2D eigenvalue weighted by Crippen LogP contribution is 2.22. The second-order valence-electron chi connectivity index (χ2n) is 6.58. The lowest BCUT2D eigenvalue weighted by Gasteiger charge is -2.32. The Labute approximate surface area is 165 Å². The third-order valence-electron chi connectivity index (χ3n) is 4.65. The zero-order valence-corrected chi connectivity index (χ0v) is 15.4. The Bertz CT molecular complexity index is 902. The van der Waals surface area contributed by atoms with Gasteiger partial charge in [-0.3, -0.25) is 24.7 Å². The number of anilines is 2. The average molecular weight is 402 g/mol. The molecule has 0 radical (unpaired) electrons. The van der Waals surface area contributed by atoms with Crippen LogP contribution in [0.5, 0.6) is 0 Å².